The van der Waals surface area contributed by atoms with Gasteiger partial charge in [0.2, 0.25) is 0 Å². The van der Waals surface area contributed by atoms with Gasteiger partial charge in [0.25, 0.3) is 11.7 Å². The van der Waals surface area contributed by atoms with Crippen molar-refractivity contribution in [3.05, 3.63) is 99.3 Å². The predicted molar refractivity (Wildman–Crippen MR) is 115 cm³/mol. The van der Waals surface area contributed by atoms with Gasteiger partial charge in [-0.05, 0) is 42.0 Å². The van der Waals surface area contributed by atoms with Crippen molar-refractivity contribution in [1.82, 2.24) is 4.98 Å². The molecule has 7 heteroatoms. The molecule has 1 saturated heterocycles. The summed E-state index contributed by atoms with van der Waals surface area (Å²) in [5, 5.41) is 11.4. The topological polar surface area (TPSA) is 70.5 Å². The first-order chi connectivity index (χ1) is 14.0. The summed E-state index contributed by atoms with van der Waals surface area (Å²) in [5.41, 5.74) is 1.50. The summed E-state index contributed by atoms with van der Waals surface area (Å²) in [7, 11) is 0. The van der Waals surface area contributed by atoms with Crippen molar-refractivity contribution in [2.24, 2.45) is 0 Å². The van der Waals surface area contributed by atoms with E-state index in [2.05, 4.69) is 20.9 Å². The largest absolute Gasteiger partial charge is 0.507 e. The number of benzene rings is 2. The number of ketones is 1. The third kappa shape index (κ3) is 3.57. The zero-order chi connectivity index (χ0) is 20.5. The van der Waals surface area contributed by atoms with Gasteiger partial charge in [-0.25, -0.2) is 0 Å². The van der Waals surface area contributed by atoms with Crippen molar-refractivity contribution < 1.29 is 14.7 Å². The Morgan fingerprint density at radius 3 is 2.48 bits per heavy atom. The third-order valence-corrected chi connectivity index (χ3v) is 5.41. The molecule has 4 rings (SSSR count). The van der Waals surface area contributed by atoms with Gasteiger partial charge in [-0.1, -0.05) is 51.8 Å². The molecule has 1 amide bonds. The molecule has 3 aromatic rings. The average molecular weight is 470 g/mol. The van der Waals surface area contributed by atoms with E-state index in [0.29, 0.717) is 21.8 Å². The van der Waals surface area contributed by atoms with Crippen molar-refractivity contribution in [3.63, 3.8) is 0 Å². The van der Waals surface area contributed by atoms with Crippen LogP contribution in [0.4, 0.5) is 5.69 Å². The molecule has 0 saturated carbocycles. The van der Waals surface area contributed by atoms with Crippen LogP contribution in [0.25, 0.3) is 5.76 Å². The molecule has 0 spiro atoms. The maximum Gasteiger partial charge on any atom is 0.300 e. The van der Waals surface area contributed by atoms with Gasteiger partial charge in [-0.2, -0.15) is 0 Å². The molecule has 1 aliphatic rings. The molecule has 0 aliphatic carbocycles. The van der Waals surface area contributed by atoms with Crippen LogP contribution in [0.2, 0.25) is 5.02 Å². The molecule has 0 radical (unpaired) electrons. The molecule has 1 unspecified atom stereocenters. The minimum absolute atomic E-state index is 0.00491. The van der Waals surface area contributed by atoms with Crippen LogP contribution in [-0.2, 0) is 9.59 Å². The third-order valence-electron chi connectivity index (χ3n) is 4.65. The summed E-state index contributed by atoms with van der Waals surface area (Å²) in [4.78, 5) is 31.4. The number of hydrogen-bond acceptors (Lipinski definition) is 4. The van der Waals surface area contributed by atoms with Gasteiger partial charge in [0.1, 0.15) is 5.76 Å². The van der Waals surface area contributed by atoms with E-state index in [1.54, 1.807) is 73.1 Å². The van der Waals surface area contributed by atoms with Crippen molar-refractivity contribution in [3.8, 4) is 0 Å². The lowest BCUT2D eigenvalue weighted by molar-refractivity contribution is -0.132. The van der Waals surface area contributed by atoms with Crippen LogP contribution in [-0.4, -0.2) is 21.8 Å². The van der Waals surface area contributed by atoms with Crippen LogP contribution in [0.5, 0.6) is 0 Å². The Morgan fingerprint density at radius 1 is 1.07 bits per heavy atom. The molecule has 2 aromatic carbocycles. The Morgan fingerprint density at radius 2 is 1.83 bits per heavy atom. The number of anilines is 1. The summed E-state index contributed by atoms with van der Waals surface area (Å²) in [6.07, 6.45) is 3.17. The molecule has 29 heavy (non-hydrogen) atoms. The normalized spacial score (nSPS) is 18.3. The number of carbonyl (C=O) groups excluding carboxylic acids is 2. The lowest BCUT2D eigenvalue weighted by atomic mass is 9.96. The quantitative estimate of drug-likeness (QED) is 0.328. The Bertz CT molecular complexity index is 1130. The average Bonchev–Trinajstić information content (AvgIpc) is 2.99. The molecule has 1 aliphatic heterocycles. The standard InChI is InChI=1S/C22H14BrClN2O3/c23-15-8-6-13(7-9-15)20(27)18-19(14-3-2-10-25-12-14)26(22(29)21(18)28)17-5-1-4-16(24)11-17/h1-12,19,27H/b20-18+. The summed E-state index contributed by atoms with van der Waals surface area (Å²) < 4.78 is 0.831. The fraction of sp³-hybridized carbons (Fsp3) is 0.0455. The van der Waals surface area contributed by atoms with Crippen molar-refractivity contribution in [1.29, 1.82) is 0 Å². The monoisotopic (exact) mass is 468 g/mol. The van der Waals surface area contributed by atoms with Crippen molar-refractivity contribution in [2.45, 2.75) is 6.04 Å². The Balaban J connectivity index is 1.94. The van der Waals surface area contributed by atoms with E-state index in [-0.39, 0.29) is 11.3 Å². The highest BCUT2D eigenvalue weighted by atomic mass is 79.9. The molecule has 1 fully saturated rings. The van der Waals surface area contributed by atoms with E-state index in [4.69, 9.17) is 11.6 Å². The van der Waals surface area contributed by atoms with E-state index >= 15 is 0 Å². The van der Waals surface area contributed by atoms with E-state index in [0.717, 1.165) is 4.47 Å². The van der Waals surface area contributed by atoms with Gasteiger partial charge in [0.15, 0.2) is 0 Å². The molecule has 2 heterocycles. The number of aliphatic hydroxyl groups excluding tert-OH is 1. The van der Waals surface area contributed by atoms with E-state index < -0.39 is 17.7 Å². The molecule has 5 nitrogen and oxygen atoms in total. The second-order valence-corrected chi connectivity index (χ2v) is 7.79. The number of Topliss-reactive ketones (excluding diaryl/α,β-unsaturated/α-hetero) is 1. The van der Waals surface area contributed by atoms with E-state index in [1.807, 2.05) is 0 Å². The van der Waals surface area contributed by atoms with Crippen LogP contribution in [0.1, 0.15) is 17.2 Å². The van der Waals surface area contributed by atoms with Gasteiger partial charge in [-0.15, -0.1) is 0 Å². The predicted octanol–water partition coefficient (Wildman–Crippen LogP) is 5.12. The Labute approximate surface area is 180 Å². The first kappa shape index (κ1) is 19.4. The summed E-state index contributed by atoms with van der Waals surface area (Å²) >= 11 is 9.46. The lowest BCUT2D eigenvalue weighted by Crippen LogP contribution is -2.29. The number of carbonyl (C=O) groups is 2. The minimum atomic E-state index is -0.828. The van der Waals surface area contributed by atoms with E-state index in [9.17, 15) is 14.7 Å². The van der Waals surface area contributed by atoms with Gasteiger partial charge in [-0.3, -0.25) is 19.5 Å². The highest BCUT2D eigenvalue weighted by Crippen LogP contribution is 2.42. The van der Waals surface area contributed by atoms with Gasteiger partial charge >= 0.3 is 0 Å². The smallest absolute Gasteiger partial charge is 0.300 e. The summed E-state index contributed by atoms with van der Waals surface area (Å²) in [5.74, 6) is -1.74. The van der Waals surface area contributed by atoms with Gasteiger partial charge in [0, 0.05) is 33.1 Å². The number of halogens is 2. The van der Waals surface area contributed by atoms with Gasteiger partial charge in [0.05, 0.1) is 11.6 Å². The zero-order valence-electron chi connectivity index (χ0n) is 14.9. The van der Waals surface area contributed by atoms with Crippen LogP contribution >= 0.6 is 27.5 Å². The van der Waals surface area contributed by atoms with E-state index in [1.165, 1.54) is 4.90 Å². The number of aromatic nitrogens is 1. The van der Waals surface area contributed by atoms with Gasteiger partial charge < -0.3 is 5.11 Å². The number of rotatable bonds is 3. The molecular formula is C22H14BrClN2O3. The van der Waals surface area contributed by atoms with Crippen LogP contribution < -0.4 is 4.90 Å². The maximum atomic E-state index is 13.0. The number of nitrogens with zero attached hydrogens (tertiary/aromatic N) is 2. The Kier molecular flexibility index (Phi) is 5.22. The summed E-state index contributed by atoms with van der Waals surface area (Å²) in [6, 6.07) is 16.2. The summed E-state index contributed by atoms with van der Waals surface area (Å²) in [6.45, 7) is 0. The van der Waals surface area contributed by atoms with Crippen molar-refractivity contribution in [2.75, 3.05) is 4.90 Å². The second-order valence-electron chi connectivity index (χ2n) is 6.44. The Hall–Kier alpha value is -2.96. The molecular weight excluding hydrogens is 456 g/mol. The van der Waals surface area contributed by atoms with Crippen molar-refractivity contribution >= 4 is 50.7 Å². The highest BCUT2D eigenvalue weighted by molar-refractivity contribution is 9.10. The van der Waals surface area contributed by atoms with Crippen LogP contribution in [0, 0.1) is 0 Å². The zero-order valence-corrected chi connectivity index (χ0v) is 17.3. The molecule has 1 aromatic heterocycles. The molecule has 144 valence electrons. The molecule has 1 atom stereocenters. The SMILES string of the molecule is O=C1C(=O)N(c2cccc(Cl)c2)C(c2cccnc2)/C1=C(\O)c1ccc(Br)cc1. The number of hydrogen-bond donors (Lipinski definition) is 1. The molecule has 0 bridgehead atoms. The van der Waals surface area contributed by atoms with Crippen LogP contribution in [0.15, 0.2) is 83.1 Å². The first-order valence-corrected chi connectivity index (χ1v) is 9.87. The number of amides is 1. The lowest BCUT2D eigenvalue weighted by Gasteiger charge is -2.25. The number of aliphatic hydroxyl groups is 1. The second kappa shape index (κ2) is 7.81. The first-order valence-electron chi connectivity index (χ1n) is 8.70. The number of pyridine rings is 1. The maximum absolute atomic E-state index is 13.0. The minimum Gasteiger partial charge on any atom is -0.507 e. The fourth-order valence-electron chi connectivity index (χ4n) is 3.34. The molecule has 1 N–H and O–H groups in total. The van der Waals surface area contributed by atoms with Crippen LogP contribution in [0.3, 0.4) is 0 Å². The highest BCUT2D eigenvalue weighted by Gasteiger charge is 2.47. The fourth-order valence-corrected chi connectivity index (χ4v) is 3.79.